The van der Waals surface area contributed by atoms with Crippen molar-refractivity contribution in [1.29, 1.82) is 0 Å². The van der Waals surface area contributed by atoms with Crippen LogP contribution in [-0.2, 0) is 12.8 Å². The van der Waals surface area contributed by atoms with E-state index >= 15 is 0 Å². The number of para-hydroxylation sites is 1. The van der Waals surface area contributed by atoms with E-state index < -0.39 is 0 Å². The third-order valence-corrected chi connectivity index (χ3v) is 5.04. The molecule has 0 N–H and O–H groups in total. The summed E-state index contributed by atoms with van der Waals surface area (Å²) >= 11 is 0. The fourth-order valence-corrected chi connectivity index (χ4v) is 3.74. The molecule has 0 spiro atoms. The number of amides is 1. The number of carbonyl (C=O) groups excluding carboxylic acids is 1. The Hall–Kier alpha value is -2.82. The van der Waals surface area contributed by atoms with Gasteiger partial charge < -0.3 is 4.90 Å². The number of hydrogen-bond donors (Lipinski definition) is 0. The number of aryl methyl sites for hydroxylation is 1. The quantitative estimate of drug-likeness (QED) is 0.726. The molecule has 1 aliphatic carbocycles. The van der Waals surface area contributed by atoms with Gasteiger partial charge >= 0.3 is 0 Å². The van der Waals surface area contributed by atoms with Crippen LogP contribution in [0.15, 0.2) is 48.5 Å². The molecule has 3 aromatic rings. The maximum absolute atomic E-state index is 13.2. The Kier molecular flexibility index (Phi) is 4.61. The summed E-state index contributed by atoms with van der Waals surface area (Å²) in [7, 11) is 0. The molecule has 0 fully saturated rings. The van der Waals surface area contributed by atoms with Crippen molar-refractivity contribution >= 4 is 16.9 Å². The predicted octanol–water partition coefficient (Wildman–Crippen LogP) is 3.43. The molecule has 5 heteroatoms. The molecule has 4 rings (SSSR count). The van der Waals surface area contributed by atoms with Gasteiger partial charge in [0.05, 0.1) is 5.52 Å². The van der Waals surface area contributed by atoms with E-state index in [1.54, 1.807) is 0 Å². The molecule has 0 aliphatic heterocycles. The van der Waals surface area contributed by atoms with Crippen LogP contribution in [0.5, 0.6) is 0 Å². The number of benzene rings is 2. The van der Waals surface area contributed by atoms with Crippen LogP contribution in [0, 0.1) is 0 Å². The summed E-state index contributed by atoms with van der Waals surface area (Å²) < 4.78 is 0. The summed E-state index contributed by atoms with van der Waals surface area (Å²) in [5.41, 5.74) is 4.15. The Balaban J connectivity index is 1.62. The summed E-state index contributed by atoms with van der Waals surface area (Å²) in [6.45, 7) is 2.80. The maximum Gasteiger partial charge on any atom is 0.293 e. The normalized spacial score (nSPS) is 16.3. The third kappa shape index (κ3) is 3.17. The van der Waals surface area contributed by atoms with Gasteiger partial charge in [-0.1, -0.05) is 43.3 Å². The molecule has 1 amide bonds. The molecule has 132 valence electrons. The molecule has 5 nitrogen and oxygen atoms in total. The van der Waals surface area contributed by atoms with Crippen molar-refractivity contribution in [2.45, 2.75) is 38.6 Å². The zero-order chi connectivity index (χ0) is 17.9. The van der Waals surface area contributed by atoms with Gasteiger partial charge in [0.15, 0.2) is 0 Å². The Morgan fingerprint density at radius 3 is 2.58 bits per heavy atom. The van der Waals surface area contributed by atoms with Gasteiger partial charge in [0.1, 0.15) is 5.52 Å². The highest BCUT2D eigenvalue weighted by Crippen LogP contribution is 2.25. The van der Waals surface area contributed by atoms with Gasteiger partial charge in [0.25, 0.3) is 5.91 Å². The molecule has 0 unspecified atom stereocenters. The van der Waals surface area contributed by atoms with Gasteiger partial charge in [-0.3, -0.25) is 4.79 Å². The predicted molar refractivity (Wildman–Crippen MR) is 101 cm³/mol. The molecule has 0 radical (unpaired) electrons. The lowest BCUT2D eigenvalue weighted by molar-refractivity contribution is 0.0648. The van der Waals surface area contributed by atoms with Crippen LogP contribution in [0.4, 0.5) is 0 Å². The summed E-state index contributed by atoms with van der Waals surface area (Å²) in [5.74, 6) is 0.0745. The largest absolute Gasteiger partial charge is 0.333 e. The van der Waals surface area contributed by atoms with Crippen LogP contribution in [0.3, 0.4) is 0 Å². The molecule has 26 heavy (non-hydrogen) atoms. The fraction of sp³-hybridized carbons (Fsp3) is 0.333. The maximum atomic E-state index is 13.2. The van der Waals surface area contributed by atoms with Crippen LogP contribution in [0.2, 0.25) is 0 Å². The van der Waals surface area contributed by atoms with Crippen LogP contribution < -0.4 is 0 Å². The Morgan fingerprint density at radius 1 is 1.04 bits per heavy atom. The van der Waals surface area contributed by atoms with Crippen LogP contribution >= 0.6 is 0 Å². The number of carbonyl (C=O) groups is 1. The van der Waals surface area contributed by atoms with Crippen molar-refractivity contribution in [3.63, 3.8) is 0 Å². The van der Waals surface area contributed by atoms with Crippen molar-refractivity contribution in [2.75, 3.05) is 6.54 Å². The van der Waals surface area contributed by atoms with Crippen molar-refractivity contribution in [3.8, 4) is 0 Å². The van der Waals surface area contributed by atoms with Gasteiger partial charge in [0, 0.05) is 12.6 Å². The molecule has 1 heterocycles. The Morgan fingerprint density at radius 2 is 1.77 bits per heavy atom. The van der Waals surface area contributed by atoms with Crippen molar-refractivity contribution in [2.24, 2.45) is 0 Å². The highest BCUT2D eigenvalue weighted by molar-refractivity contribution is 5.92. The van der Waals surface area contributed by atoms with E-state index in [4.69, 9.17) is 0 Å². The standard InChI is InChI=1S/C21H22N4O/c1-2-13-25(17-12-11-15-7-3-4-8-16(15)14-17)21(26)20-22-18-9-5-6-10-19(18)23-24-20/h3-10,17H,2,11-14H2,1H3/t17-/m1/s1. The van der Waals surface area contributed by atoms with E-state index in [9.17, 15) is 4.79 Å². The second kappa shape index (κ2) is 7.20. The smallest absolute Gasteiger partial charge is 0.293 e. The van der Waals surface area contributed by atoms with Gasteiger partial charge in [0.2, 0.25) is 5.82 Å². The summed E-state index contributed by atoms with van der Waals surface area (Å²) in [6.07, 6.45) is 3.78. The van der Waals surface area contributed by atoms with E-state index in [0.29, 0.717) is 17.6 Å². The molecule has 1 aliphatic rings. The number of hydrogen-bond acceptors (Lipinski definition) is 4. The first-order chi connectivity index (χ1) is 12.8. The van der Waals surface area contributed by atoms with E-state index in [1.807, 2.05) is 29.2 Å². The molecule has 0 bridgehead atoms. The van der Waals surface area contributed by atoms with Gasteiger partial charge in [-0.25, -0.2) is 4.98 Å². The van der Waals surface area contributed by atoms with E-state index in [2.05, 4.69) is 46.4 Å². The van der Waals surface area contributed by atoms with Crippen molar-refractivity contribution in [1.82, 2.24) is 20.1 Å². The van der Waals surface area contributed by atoms with Crippen molar-refractivity contribution < 1.29 is 4.79 Å². The topological polar surface area (TPSA) is 59.0 Å². The molecule has 2 aromatic carbocycles. The second-order valence-electron chi connectivity index (χ2n) is 6.79. The van der Waals surface area contributed by atoms with E-state index in [0.717, 1.165) is 25.7 Å². The summed E-state index contributed by atoms with van der Waals surface area (Å²) in [6, 6.07) is 16.2. The zero-order valence-electron chi connectivity index (χ0n) is 14.9. The first-order valence-electron chi connectivity index (χ1n) is 9.23. The van der Waals surface area contributed by atoms with Gasteiger partial charge in [-0.05, 0) is 48.9 Å². The first kappa shape index (κ1) is 16.6. The first-order valence-corrected chi connectivity index (χ1v) is 9.23. The third-order valence-electron chi connectivity index (χ3n) is 5.04. The minimum absolute atomic E-state index is 0.116. The lowest BCUT2D eigenvalue weighted by Crippen LogP contribution is -2.44. The minimum atomic E-state index is -0.116. The van der Waals surface area contributed by atoms with Gasteiger partial charge in [-0.15, -0.1) is 10.2 Å². The SMILES string of the molecule is CCCN(C(=O)c1nnc2ccccc2n1)[C@@H]1CCc2ccccc2C1. The van der Waals surface area contributed by atoms with Crippen LogP contribution in [-0.4, -0.2) is 38.6 Å². The lowest BCUT2D eigenvalue weighted by Gasteiger charge is -2.34. The average Bonchev–Trinajstić information content (AvgIpc) is 2.71. The highest BCUT2D eigenvalue weighted by Gasteiger charge is 2.29. The van der Waals surface area contributed by atoms with E-state index in [1.165, 1.54) is 11.1 Å². The molecule has 0 saturated heterocycles. The highest BCUT2D eigenvalue weighted by atomic mass is 16.2. The van der Waals surface area contributed by atoms with Gasteiger partial charge in [-0.2, -0.15) is 0 Å². The summed E-state index contributed by atoms with van der Waals surface area (Å²) in [4.78, 5) is 19.5. The monoisotopic (exact) mass is 346 g/mol. The van der Waals surface area contributed by atoms with Crippen LogP contribution in [0.25, 0.3) is 11.0 Å². The zero-order valence-corrected chi connectivity index (χ0v) is 14.9. The summed E-state index contributed by atoms with van der Waals surface area (Å²) in [5, 5.41) is 8.26. The number of aromatic nitrogens is 3. The van der Waals surface area contributed by atoms with Crippen LogP contribution in [0.1, 0.15) is 41.5 Å². The molecule has 1 aromatic heterocycles. The number of fused-ring (bicyclic) bond motifs is 2. The lowest BCUT2D eigenvalue weighted by atomic mass is 9.87. The van der Waals surface area contributed by atoms with Crippen molar-refractivity contribution in [3.05, 3.63) is 65.5 Å². The van der Waals surface area contributed by atoms with E-state index in [-0.39, 0.29) is 17.8 Å². The fourth-order valence-electron chi connectivity index (χ4n) is 3.74. The minimum Gasteiger partial charge on any atom is -0.333 e. The molecule has 0 saturated carbocycles. The molecular weight excluding hydrogens is 324 g/mol. The average molecular weight is 346 g/mol. The second-order valence-corrected chi connectivity index (χ2v) is 6.79. The Labute approximate surface area is 153 Å². The Bertz CT molecular complexity index is 940. The molecule has 1 atom stereocenters. The molecular formula is C21H22N4O. The number of rotatable bonds is 4. The number of nitrogens with zero attached hydrogens (tertiary/aromatic N) is 4.